The third-order valence-electron chi connectivity index (χ3n) is 3.00. The molecular formula is C25H39NO3S2. The van der Waals surface area contributed by atoms with E-state index in [0.717, 1.165) is 0 Å². The van der Waals surface area contributed by atoms with Gasteiger partial charge in [0.2, 0.25) is 0 Å². The summed E-state index contributed by atoms with van der Waals surface area (Å²) in [6, 6.07) is 32.2. The molecule has 0 aliphatic rings. The zero-order chi connectivity index (χ0) is 23.0. The fraction of sp³-hybridized carbons (Fsp3) is 0.280. The molecule has 0 aromatic heterocycles. The Morgan fingerprint density at radius 3 is 1.03 bits per heavy atom. The molecule has 0 amide bonds. The highest BCUT2D eigenvalue weighted by molar-refractivity contribution is 7.97. The third kappa shape index (κ3) is 14.8. The van der Waals surface area contributed by atoms with Crippen LogP contribution in [-0.2, 0) is 20.3 Å². The van der Waals surface area contributed by atoms with Gasteiger partial charge in [0.25, 0.3) is 0 Å². The third-order valence-corrected chi connectivity index (χ3v) is 5.37. The molecule has 0 atom stereocenters. The van der Waals surface area contributed by atoms with Crippen LogP contribution >= 0.6 is 12.2 Å². The molecule has 0 bridgehead atoms. The molecule has 3 rings (SSSR count). The molecule has 2 N–H and O–H groups in total. The summed E-state index contributed by atoms with van der Waals surface area (Å²) >= 11 is 0.367. The Hall–Kier alpha value is -1.80. The molecule has 174 valence electrons. The molecule has 6 heteroatoms. The van der Waals surface area contributed by atoms with Crippen LogP contribution in [0.15, 0.2) is 106 Å². The second kappa shape index (κ2) is 26.2. The highest BCUT2D eigenvalue weighted by Crippen LogP contribution is 2.30. The first-order valence-electron chi connectivity index (χ1n) is 10.1. The summed E-state index contributed by atoms with van der Waals surface area (Å²) in [6.45, 7) is 12.0. The lowest BCUT2D eigenvalue weighted by Crippen LogP contribution is -2.04. The van der Waals surface area contributed by atoms with E-state index in [2.05, 4.69) is 106 Å². The molecule has 3 aromatic carbocycles. The van der Waals surface area contributed by atoms with Crippen LogP contribution in [0, 0.1) is 0 Å². The zero-order valence-electron chi connectivity index (χ0n) is 18.8. The number of hydrogen-bond donors (Lipinski definition) is 1. The maximum atomic E-state index is 8.71. The largest absolute Gasteiger partial charge is 0.691 e. The van der Waals surface area contributed by atoms with E-state index in [4.69, 9.17) is 5.26 Å². The van der Waals surface area contributed by atoms with E-state index in [1.165, 1.54) is 14.7 Å². The summed E-state index contributed by atoms with van der Waals surface area (Å²) in [4.78, 5) is 4.08. The van der Waals surface area contributed by atoms with E-state index in [1.807, 2.05) is 41.5 Å². The minimum absolute atomic E-state index is 0. The SMILES string of the molecule is C.CC.CC.CC.NSOO[O-].c1ccc([S+](c2ccccc2)c2ccccc2)cc1. The highest BCUT2D eigenvalue weighted by atomic mass is 32.2. The normalized spacial score (nSPS) is 8.42. The van der Waals surface area contributed by atoms with Crippen molar-refractivity contribution >= 4 is 23.1 Å². The number of nitrogens with two attached hydrogens (primary N) is 1. The maximum absolute atomic E-state index is 8.71. The number of hydrogen-bond acceptors (Lipinski definition) is 5. The molecule has 0 heterocycles. The number of rotatable bonds is 5. The van der Waals surface area contributed by atoms with E-state index in [-0.39, 0.29) is 18.3 Å². The van der Waals surface area contributed by atoms with Gasteiger partial charge >= 0.3 is 0 Å². The summed E-state index contributed by atoms with van der Waals surface area (Å²) in [5, 5.41) is 16.0. The molecule has 0 radical (unpaired) electrons. The first-order valence-corrected chi connectivity index (χ1v) is 12.1. The highest BCUT2D eigenvalue weighted by Gasteiger charge is 2.27. The van der Waals surface area contributed by atoms with Gasteiger partial charge in [-0.3, -0.25) is 10.2 Å². The van der Waals surface area contributed by atoms with Crippen LogP contribution < -0.4 is 10.4 Å². The van der Waals surface area contributed by atoms with Crippen molar-refractivity contribution in [1.82, 2.24) is 0 Å². The summed E-state index contributed by atoms with van der Waals surface area (Å²) in [5.74, 6) is 0. The van der Waals surface area contributed by atoms with E-state index >= 15 is 0 Å². The van der Waals surface area contributed by atoms with Crippen LogP contribution in [0.25, 0.3) is 0 Å². The molecule has 0 aliphatic carbocycles. The van der Waals surface area contributed by atoms with Gasteiger partial charge in [-0.2, -0.15) is 4.33 Å². The van der Waals surface area contributed by atoms with Crippen molar-refractivity contribution in [3.05, 3.63) is 91.0 Å². The second-order valence-electron chi connectivity index (χ2n) is 4.48. The number of benzene rings is 3. The van der Waals surface area contributed by atoms with Gasteiger partial charge < -0.3 is 5.26 Å². The van der Waals surface area contributed by atoms with Crippen LogP contribution in [0.1, 0.15) is 49.0 Å². The lowest BCUT2D eigenvalue weighted by Gasteiger charge is -2.07. The van der Waals surface area contributed by atoms with Crippen molar-refractivity contribution in [2.75, 3.05) is 0 Å². The van der Waals surface area contributed by atoms with Crippen molar-refractivity contribution in [3.8, 4) is 0 Å². The standard InChI is InChI=1S/C18H15S.3C2H6.CH4.H3NO3S/c1-4-10-16(11-5-1)19(17-12-6-2-7-13-17)18-14-8-3-9-15-18;3*1-2;;1-5-4-3-2/h1-15H;3*1-2H3;1H4;2H,1H2/q+1;;;;;/p-1. The topological polar surface area (TPSA) is 67.5 Å². The van der Waals surface area contributed by atoms with Crippen molar-refractivity contribution in [2.45, 2.75) is 63.7 Å². The zero-order valence-corrected chi connectivity index (χ0v) is 20.4. The maximum Gasteiger partial charge on any atom is 0.166 e. The van der Waals surface area contributed by atoms with Gasteiger partial charge in [-0.1, -0.05) is 104 Å². The molecule has 3 aromatic rings. The predicted molar refractivity (Wildman–Crippen MR) is 136 cm³/mol. The van der Waals surface area contributed by atoms with Gasteiger partial charge in [0, 0.05) is 0 Å². The Bertz CT molecular complexity index is 591. The van der Waals surface area contributed by atoms with E-state index in [1.54, 1.807) is 0 Å². The first-order chi connectivity index (χ1) is 14.9. The van der Waals surface area contributed by atoms with Gasteiger partial charge in [0.15, 0.2) is 14.7 Å². The Morgan fingerprint density at radius 1 is 0.613 bits per heavy atom. The molecular weight excluding hydrogens is 426 g/mol. The summed E-state index contributed by atoms with van der Waals surface area (Å²) in [6.07, 6.45) is 0. The molecule has 0 spiro atoms. The molecule has 4 nitrogen and oxygen atoms in total. The Kier molecular flexibility index (Phi) is 28.6. The van der Waals surface area contributed by atoms with Gasteiger partial charge in [0.1, 0.15) is 12.2 Å². The Balaban J connectivity index is -0.000000562. The lowest BCUT2D eigenvalue weighted by molar-refractivity contribution is -0.777. The van der Waals surface area contributed by atoms with Crippen molar-refractivity contribution in [1.29, 1.82) is 0 Å². The molecule has 0 unspecified atom stereocenters. The predicted octanol–water partition coefficient (Wildman–Crippen LogP) is 7.23. The first kappa shape index (κ1) is 33.8. The Morgan fingerprint density at radius 2 is 0.871 bits per heavy atom. The summed E-state index contributed by atoms with van der Waals surface area (Å²) < 4.78 is 3.47. The van der Waals surface area contributed by atoms with Crippen LogP contribution in [0.2, 0.25) is 0 Å². The average molecular weight is 466 g/mol. The fourth-order valence-electron chi connectivity index (χ4n) is 2.09. The summed E-state index contributed by atoms with van der Waals surface area (Å²) in [7, 11) is -0.0146. The lowest BCUT2D eigenvalue weighted by atomic mass is 10.4. The Labute approximate surface area is 197 Å². The van der Waals surface area contributed by atoms with Gasteiger partial charge in [-0.15, -0.1) is 0 Å². The van der Waals surface area contributed by atoms with Gasteiger partial charge in [-0.05, 0) is 36.4 Å². The van der Waals surface area contributed by atoms with Crippen LogP contribution in [0.5, 0.6) is 0 Å². The van der Waals surface area contributed by atoms with E-state index in [9.17, 15) is 0 Å². The average Bonchev–Trinajstić information content (AvgIpc) is 2.86. The second-order valence-corrected chi connectivity index (χ2v) is 6.83. The van der Waals surface area contributed by atoms with Crippen molar-refractivity contribution in [2.24, 2.45) is 5.14 Å². The quantitative estimate of drug-likeness (QED) is 0.141. The van der Waals surface area contributed by atoms with Crippen LogP contribution in [-0.4, -0.2) is 0 Å². The molecule has 0 fully saturated rings. The van der Waals surface area contributed by atoms with Gasteiger partial charge in [0.05, 0.1) is 10.9 Å². The van der Waals surface area contributed by atoms with Crippen LogP contribution in [0.3, 0.4) is 0 Å². The van der Waals surface area contributed by atoms with Crippen molar-refractivity contribution in [3.63, 3.8) is 0 Å². The van der Waals surface area contributed by atoms with E-state index in [0.29, 0.717) is 12.2 Å². The van der Waals surface area contributed by atoms with Crippen molar-refractivity contribution < 1.29 is 14.6 Å². The van der Waals surface area contributed by atoms with Crippen LogP contribution in [0.4, 0.5) is 0 Å². The minimum Gasteiger partial charge on any atom is -0.691 e. The fourth-order valence-corrected chi connectivity index (χ4v) is 4.23. The monoisotopic (exact) mass is 465 g/mol. The van der Waals surface area contributed by atoms with E-state index < -0.39 is 0 Å². The summed E-state index contributed by atoms with van der Waals surface area (Å²) in [5.41, 5.74) is 0. The molecule has 31 heavy (non-hydrogen) atoms. The molecule has 0 aliphatic heterocycles. The smallest absolute Gasteiger partial charge is 0.166 e. The van der Waals surface area contributed by atoms with Gasteiger partial charge in [-0.25, -0.2) is 0 Å². The minimum atomic E-state index is -0.0146. The molecule has 0 saturated heterocycles. The molecule has 0 saturated carbocycles.